The number of aliphatic carboxylic acids is 1. The number of nitrogen functional groups attached to an aromatic ring is 1. The summed E-state index contributed by atoms with van der Waals surface area (Å²) < 4.78 is 28.8. The van der Waals surface area contributed by atoms with Crippen LogP contribution in [0, 0.1) is 5.92 Å². The monoisotopic (exact) mass is 820 g/mol. The van der Waals surface area contributed by atoms with Crippen LogP contribution in [0.25, 0.3) is 0 Å². The first-order valence-electron chi connectivity index (χ1n) is 18.6. The molecule has 6 N–H and O–H groups in total. The molecule has 308 valence electrons. The van der Waals surface area contributed by atoms with Gasteiger partial charge in [0.1, 0.15) is 23.1 Å². The topological polar surface area (TPSA) is 238 Å². The molecule has 5 rings (SSSR count). The molecule has 3 aliphatic rings. The van der Waals surface area contributed by atoms with E-state index in [0.717, 1.165) is 62.6 Å². The molecule has 19 nitrogen and oxygen atoms in total. The van der Waals surface area contributed by atoms with Gasteiger partial charge >= 0.3 is 12.0 Å². The molecule has 56 heavy (non-hydrogen) atoms. The van der Waals surface area contributed by atoms with Gasteiger partial charge in [0.2, 0.25) is 23.6 Å². The maximum absolute atomic E-state index is 11.9. The number of rotatable bonds is 24. The number of nitrogens with two attached hydrogens (primary N) is 1. The summed E-state index contributed by atoms with van der Waals surface area (Å²) in [5, 5.41) is 18.7. The molecule has 0 bridgehead atoms. The van der Waals surface area contributed by atoms with Crippen LogP contribution in [-0.4, -0.2) is 158 Å². The van der Waals surface area contributed by atoms with Crippen LogP contribution in [0.15, 0.2) is 28.8 Å². The summed E-state index contributed by atoms with van der Waals surface area (Å²) in [6.45, 7) is 8.72. The second-order valence-corrected chi connectivity index (χ2v) is 15.5. The summed E-state index contributed by atoms with van der Waals surface area (Å²) in [5.74, 6) is 0.484. The smallest absolute Gasteiger partial charge is 0.315 e. The molecular formula is C35H52N10O9S2. The third-order valence-corrected chi connectivity index (χ3v) is 11.7. The average molecular weight is 821 g/mol. The van der Waals surface area contributed by atoms with Gasteiger partial charge in [0.15, 0.2) is 5.16 Å². The zero-order chi connectivity index (χ0) is 39.9. The van der Waals surface area contributed by atoms with Crippen molar-refractivity contribution in [2.24, 2.45) is 5.92 Å². The van der Waals surface area contributed by atoms with Crippen LogP contribution in [0.2, 0.25) is 0 Å². The van der Waals surface area contributed by atoms with Crippen molar-refractivity contribution in [3.05, 3.63) is 18.7 Å². The summed E-state index contributed by atoms with van der Waals surface area (Å²) in [6, 6.07) is 1.61. The average Bonchev–Trinajstić information content (AvgIpc) is 3.73. The predicted octanol–water partition coefficient (Wildman–Crippen LogP) is 1.74. The maximum Gasteiger partial charge on any atom is 0.315 e. The van der Waals surface area contributed by atoms with Crippen molar-refractivity contribution >= 4 is 59.0 Å². The van der Waals surface area contributed by atoms with Gasteiger partial charge in [-0.15, -0.1) is 0 Å². The summed E-state index contributed by atoms with van der Waals surface area (Å²) in [5.41, 5.74) is 6.01. The summed E-state index contributed by atoms with van der Waals surface area (Å²) in [7, 11) is 3.57. The van der Waals surface area contributed by atoms with Gasteiger partial charge in [0, 0.05) is 49.9 Å². The number of hydrogen-bond acceptors (Lipinski definition) is 17. The quantitative estimate of drug-likeness (QED) is 0.0439. The Balaban J connectivity index is 1.02. The van der Waals surface area contributed by atoms with Gasteiger partial charge in [-0.25, -0.2) is 14.8 Å². The van der Waals surface area contributed by atoms with Crippen LogP contribution in [0.4, 0.5) is 22.4 Å². The van der Waals surface area contributed by atoms with E-state index in [0.29, 0.717) is 62.0 Å². The van der Waals surface area contributed by atoms with Gasteiger partial charge in [-0.2, -0.15) is 21.7 Å². The van der Waals surface area contributed by atoms with Gasteiger partial charge in [-0.05, 0) is 44.1 Å². The molecular weight excluding hydrogens is 769 g/mol. The first kappa shape index (κ1) is 43.0. The standard InChI is InChI=1S/C35H52N10O9S2/c1-4-27(46)39-26-20-25(36)38-35(40-26)56-29-30(50-3)42-33(45-11-9-44(2)10-12-45)43-31(29)54-19-18-53-17-16-52-15-14-51-13-8-22(32(47)48)6-5-7-24-28-23(21-55-24)37-34(49)41-28/h4,20,22-24,28H,1,5-19,21H2,2-3H3,(H,47,48)(H2,37,41,49)(H3,36,38,39,40,46)/t22?,23-,24-,28-/m1/s1. The van der Waals surface area contributed by atoms with E-state index < -0.39 is 17.8 Å². The van der Waals surface area contributed by atoms with Crippen molar-refractivity contribution in [2.45, 2.75) is 53.1 Å². The second-order valence-electron chi connectivity index (χ2n) is 13.3. The number of carboxylic acids is 1. The molecule has 0 saturated carbocycles. The minimum absolute atomic E-state index is 0.115. The largest absolute Gasteiger partial charge is 0.481 e. The second kappa shape index (κ2) is 22.0. The number of ether oxygens (including phenoxy) is 5. The Labute approximate surface area is 334 Å². The zero-order valence-electron chi connectivity index (χ0n) is 31.8. The molecule has 1 unspecified atom stereocenters. The highest BCUT2D eigenvalue weighted by molar-refractivity contribution is 8.00. The number of piperazine rings is 1. The van der Waals surface area contributed by atoms with Crippen LogP contribution in [-0.2, 0) is 23.8 Å². The van der Waals surface area contributed by atoms with Crippen molar-refractivity contribution in [2.75, 3.05) is 108 Å². The van der Waals surface area contributed by atoms with Gasteiger partial charge in [0.05, 0.1) is 58.1 Å². The fourth-order valence-electron chi connectivity index (χ4n) is 6.26. The molecule has 0 aromatic carbocycles. The van der Waals surface area contributed by atoms with Crippen LogP contribution < -0.4 is 36.1 Å². The molecule has 0 spiro atoms. The molecule has 3 saturated heterocycles. The van der Waals surface area contributed by atoms with Gasteiger partial charge in [0.25, 0.3) is 0 Å². The molecule has 3 fully saturated rings. The Morgan fingerprint density at radius 1 is 1.04 bits per heavy atom. The molecule has 3 amide bonds. The highest BCUT2D eigenvalue weighted by Crippen LogP contribution is 2.40. The third kappa shape index (κ3) is 12.9. The number of thioether (sulfide) groups is 1. The Morgan fingerprint density at radius 3 is 2.43 bits per heavy atom. The van der Waals surface area contributed by atoms with E-state index in [-0.39, 0.29) is 59.9 Å². The molecule has 3 aliphatic heterocycles. The highest BCUT2D eigenvalue weighted by Gasteiger charge is 2.42. The number of carbonyl (C=O) groups excluding carboxylic acids is 2. The number of likely N-dealkylation sites (N-methyl/N-ethyl adjacent to an activating group) is 1. The Bertz CT molecular complexity index is 1640. The first-order chi connectivity index (χ1) is 27.1. The third-order valence-electron chi connectivity index (χ3n) is 9.28. The van der Waals surface area contributed by atoms with Crippen molar-refractivity contribution in [1.82, 2.24) is 35.5 Å². The Hall–Kier alpha value is -4.15. The molecule has 5 heterocycles. The minimum atomic E-state index is -0.816. The molecule has 0 radical (unpaired) electrons. The summed E-state index contributed by atoms with van der Waals surface area (Å²) in [4.78, 5) is 58.1. The molecule has 0 aliphatic carbocycles. The normalized spacial score (nSPS) is 19.9. The number of urea groups is 1. The fourth-order valence-corrected chi connectivity index (χ4v) is 8.69. The van der Waals surface area contributed by atoms with E-state index in [1.807, 2.05) is 11.8 Å². The van der Waals surface area contributed by atoms with Crippen molar-refractivity contribution in [3.63, 3.8) is 0 Å². The highest BCUT2D eigenvalue weighted by atomic mass is 32.2. The lowest BCUT2D eigenvalue weighted by Crippen LogP contribution is -2.45. The van der Waals surface area contributed by atoms with E-state index in [9.17, 15) is 19.5 Å². The SMILES string of the molecule is C=CC(=O)Nc1cc(N)nc(Sc2c(OC)nc(N3CCN(C)CC3)nc2OCCOCCOCCOCCC(CCC[C@H]2SC[C@H]3NC(=O)N[C@H]32)C(=O)O)n1. The number of carbonyl (C=O) groups is 3. The minimum Gasteiger partial charge on any atom is -0.481 e. The Morgan fingerprint density at radius 2 is 1.73 bits per heavy atom. The van der Waals surface area contributed by atoms with Crippen LogP contribution in [0.5, 0.6) is 11.8 Å². The van der Waals surface area contributed by atoms with Gasteiger partial charge in [-0.1, -0.05) is 13.0 Å². The predicted molar refractivity (Wildman–Crippen MR) is 211 cm³/mol. The number of amides is 3. The van der Waals surface area contributed by atoms with E-state index >= 15 is 0 Å². The number of fused-ring (bicyclic) bond motifs is 1. The van der Waals surface area contributed by atoms with Crippen LogP contribution in [0.3, 0.4) is 0 Å². The van der Waals surface area contributed by atoms with Crippen LogP contribution in [0.1, 0.15) is 25.7 Å². The number of anilines is 3. The number of nitrogens with one attached hydrogen (secondary N) is 3. The lowest BCUT2D eigenvalue weighted by atomic mass is 9.96. The Kier molecular flexibility index (Phi) is 16.9. The number of nitrogens with zero attached hydrogens (tertiary/aromatic N) is 6. The van der Waals surface area contributed by atoms with Crippen molar-refractivity contribution in [3.8, 4) is 11.8 Å². The number of hydrogen-bond donors (Lipinski definition) is 5. The molecule has 21 heteroatoms. The molecule has 2 aromatic heterocycles. The maximum atomic E-state index is 11.9. The number of aromatic nitrogens is 4. The first-order valence-corrected chi connectivity index (χ1v) is 20.4. The van der Waals surface area contributed by atoms with Gasteiger partial charge < -0.3 is 60.3 Å². The van der Waals surface area contributed by atoms with E-state index in [2.05, 4.69) is 54.3 Å². The fraction of sp³-hybridized carbons (Fsp3) is 0.629. The van der Waals surface area contributed by atoms with Crippen molar-refractivity contribution < 1.29 is 43.2 Å². The van der Waals surface area contributed by atoms with E-state index in [1.54, 1.807) is 0 Å². The van der Waals surface area contributed by atoms with Gasteiger partial charge in [-0.3, -0.25) is 9.59 Å². The molecule has 4 atom stereocenters. The van der Waals surface area contributed by atoms with Crippen molar-refractivity contribution in [1.29, 1.82) is 0 Å². The van der Waals surface area contributed by atoms with E-state index in [4.69, 9.17) is 34.4 Å². The lowest BCUT2D eigenvalue weighted by molar-refractivity contribution is -0.142. The zero-order valence-corrected chi connectivity index (χ0v) is 33.4. The number of carboxylic acid groups (broad SMARTS) is 1. The number of methoxy groups -OCH3 is 1. The summed E-state index contributed by atoms with van der Waals surface area (Å²) >= 11 is 2.92. The lowest BCUT2D eigenvalue weighted by Gasteiger charge is -2.32. The molecule has 2 aromatic rings. The summed E-state index contributed by atoms with van der Waals surface area (Å²) in [6.07, 6.45) is 3.78. The van der Waals surface area contributed by atoms with Crippen LogP contribution >= 0.6 is 23.5 Å². The van der Waals surface area contributed by atoms with E-state index in [1.165, 1.54) is 13.2 Å².